The minimum Gasteiger partial charge on any atom is -0.296 e. The van der Waals surface area contributed by atoms with Crippen molar-refractivity contribution in [2.45, 2.75) is 11.4 Å². The van der Waals surface area contributed by atoms with Crippen LogP contribution in [0.4, 0.5) is 0 Å². The zero-order valence-electron chi connectivity index (χ0n) is 18.3. The van der Waals surface area contributed by atoms with E-state index in [0.717, 1.165) is 34.0 Å². The van der Waals surface area contributed by atoms with Crippen molar-refractivity contribution < 1.29 is 8.42 Å². The van der Waals surface area contributed by atoms with Gasteiger partial charge in [-0.05, 0) is 69.9 Å². The summed E-state index contributed by atoms with van der Waals surface area (Å²) in [6.45, 7) is 2.94. The van der Waals surface area contributed by atoms with Gasteiger partial charge in [0.25, 0.3) is 0 Å². The molecule has 176 valence electrons. The van der Waals surface area contributed by atoms with Crippen LogP contribution in [0, 0.1) is 0 Å². The molecule has 0 unspecified atom stereocenters. The maximum absolute atomic E-state index is 13.3. The average molecular weight is 515 g/mol. The third kappa shape index (κ3) is 5.09. The second-order valence-corrected chi connectivity index (χ2v) is 10.5. The molecule has 34 heavy (non-hydrogen) atoms. The minimum absolute atomic E-state index is 0. The third-order valence-corrected chi connectivity index (χ3v) is 8.16. The van der Waals surface area contributed by atoms with E-state index in [1.165, 1.54) is 0 Å². The van der Waals surface area contributed by atoms with Crippen LogP contribution < -0.4 is 0 Å². The van der Waals surface area contributed by atoms with E-state index in [1.807, 2.05) is 42.6 Å². The topological polar surface area (TPSA) is 66.4 Å². The number of fused-ring (bicyclic) bond motifs is 1. The molecule has 3 heterocycles. The Balaban J connectivity index is 0.00000274. The van der Waals surface area contributed by atoms with Gasteiger partial charge in [-0.3, -0.25) is 14.9 Å². The first-order valence-electron chi connectivity index (χ1n) is 10.8. The van der Waals surface area contributed by atoms with Gasteiger partial charge >= 0.3 is 0 Å². The lowest BCUT2D eigenvalue weighted by Crippen LogP contribution is -2.48. The molecule has 1 aliphatic heterocycles. The summed E-state index contributed by atoms with van der Waals surface area (Å²) in [6, 6.07) is 16.7. The number of piperazine rings is 1. The zero-order chi connectivity index (χ0) is 22.8. The number of nitrogens with zero attached hydrogens (tertiary/aromatic N) is 4. The van der Waals surface area contributed by atoms with Gasteiger partial charge in [0.2, 0.25) is 10.0 Å². The van der Waals surface area contributed by atoms with Crippen LogP contribution in [0.1, 0.15) is 5.56 Å². The summed E-state index contributed by atoms with van der Waals surface area (Å²) in [6.07, 6.45) is 7.25. The minimum atomic E-state index is -3.56. The van der Waals surface area contributed by atoms with E-state index < -0.39 is 10.0 Å². The average Bonchev–Trinajstić information content (AvgIpc) is 2.85. The quantitative estimate of drug-likeness (QED) is 0.379. The lowest BCUT2D eigenvalue weighted by atomic mass is 10.0. The number of aromatic nitrogens is 2. The number of benzene rings is 2. The summed E-state index contributed by atoms with van der Waals surface area (Å²) < 4.78 is 28.1. The zero-order valence-corrected chi connectivity index (χ0v) is 20.7. The lowest BCUT2D eigenvalue weighted by molar-refractivity contribution is 0.181. The van der Waals surface area contributed by atoms with Gasteiger partial charge in [-0.25, -0.2) is 8.42 Å². The van der Waals surface area contributed by atoms with Crippen LogP contribution in [0.25, 0.3) is 21.9 Å². The fraction of sp³-hybridized carbons (Fsp3) is 0.200. The van der Waals surface area contributed by atoms with Crippen molar-refractivity contribution >= 4 is 44.8 Å². The van der Waals surface area contributed by atoms with Crippen molar-refractivity contribution in [1.82, 2.24) is 19.2 Å². The lowest BCUT2D eigenvalue weighted by Gasteiger charge is -2.34. The van der Waals surface area contributed by atoms with E-state index in [4.69, 9.17) is 11.6 Å². The monoisotopic (exact) mass is 514 g/mol. The Labute approximate surface area is 210 Å². The molecule has 9 heteroatoms. The Morgan fingerprint density at radius 3 is 2.26 bits per heavy atom. The summed E-state index contributed by atoms with van der Waals surface area (Å²) >= 11 is 6.05. The normalized spacial score (nSPS) is 15.2. The molecule has 0 aliphatic carbocycles. The first-order valence-corrected chi connectivity index (χ1v) is 12.6. The molecule has 0 bridgehead atoms. The molecule has 1 saturated heterocycles. The van der Waals surface area contributed by atoms with E-state index in [9.17, 15) is 8.42 Å². The highest BCUT2D eigenvalue weighted by atomic mass is 35.5. The number of halogens is 2. The van der Waals surface area contributed by atoms with Gasteiger partial charge in [0.05, 0.1) is 4.90 Å². The predicted molar refractivity (Wildman–Crippen MR) is 138 cm³/mol. The third-order valence-electron chi connectivity index (χ3n) is 6.03. The number of hydrogen-bond acceptors (Lipinski definition) is 5. The number of sulfonamides is 1. The van der Waals surface area contributed by atoms with Crippen molar-refractivity contribution in [3.63, 3.8) is 0 Å². The molecule has 0 amide bonds. The molecule has 0 radical (unpaired) electrons. The molecule has 0 atom stereocenters. The van der Waals surface area contributed by atoms with Crippen molar-refractivity contribution in [3.8, 4) is 11.1 Å². The van der Waals surface area contributed by atoms with E-state index >= 15 is 0 Å². The largest absolute Gasteiger partial charge is 0.296 e. The first kappa shape index (κ1) is 24.6. The Kier molecular flexibility index (Phi) is 7.50. The highest BCUT2D eigenvalue weighted by Gasteiger charge is 2.29. The van der Waals surface area contributed by atoms with Crippen LogP contribution in [-0.4, -0.2) is 53.8 Å². The van der Waals surface area contributed by atoms with E-state index in [0.29, 0.717) is 36.1 Å². The summed E-state index contributed by atoms with van der Waals surface area (Å²) in [5.74, 6) is 0. The maximum atomic E-state index is 13.3. The van der Waals surface area contributed by atoms with Crippen LogP contribution in [0.2, 0.25) is 5.02 Å². The molecule has 6 nitrogen and oxygen atoms in total. The van der Waals surface area contributed by atoms with Gasteiger partial charge in [-0.15, -0.1) is 12.4 Å². The van der Waals surface area contributed by atoms with Gasteiger partial charge in [-0.2, -0.15) is 4.31 Å². The Morgan fingerprint density at radius 2 is 1.50 bits per heavy atom. The number of hydrogen-bond donors (Lipinski definition) is 0. The molecule has 2 aromatic heterocycles. The van der Waals surface area contributed by atoms with E-state index in [2.05, 4.69) is 14.9 Å². The highest BCUT2D eigenvalue weighted by molar-refractivity contribution is 7.89. The second-order valence-electron chi connectivity index (χ2n) is 8.10. The SMILES string of the molecule is Cl.O=S(=O)(c1ccc2cc(Cl)ccc2c1)N1CCN(Cc2cnccc2-c2ccncc2)CC1. The summed E-state index contributed by atoms with van der Waals surface area (Å²) in [4.78, 5) is 11.0. The van der Waals surface area contributed by atoms with Crippen molar-refractivity contribution in [2.75, 3.05) is 26.2 Å². The molecule has 1 fully saturated rings. The Bertz CT molecular complexity index is 1390. The maximum Gasteiger partial charge on any atom is 0.243 e. The summed E-state index contributed by atoms with van der Waals surface area (Å²) in [5.41, 5.74) is 3.34. The first-order chi connectivity index (χ1) is 16.0. The predicted octanol–water partition coefficient (Wildman–Crippen LogP) is 4.88. The van der Waals surface area contributed by atoms with Gasteiger partial charge in [0.15, 0.2) is 0 Å². The van der Waals surface area contributed by atoms with E-state index in [-0.39, 0.29) is 12.4 Å². The molecule has 5 rings (SSSR count). The fourth-order valence-corrected chi connectivity index (χ4v) is 5.88. The summed E-state index contributed by atoms with van der Waals surface area (Å²) in [5, 5.41) is 2.42. The Morgan fingerprint density at radius 1 is 0.824 bits per heavy atom. The molecule has 2 aromatic carbocycles. The fourth-order valence-electron chi connectivity index (χ4n) is 4.24. The molecular weight excluding hydrogens is 491 g/mol. The number of rotatable bonds is 5. The van der Waals surface area contributed by atoms with Gasteiger partial charge in [0, 0.05) is 62.5 Å². The van der Waals surface area contributed by atoms with Crippen molar-refractivity contribution in [1.29, 1.82) is 0 Å². The molecule has 0 N–H and O–H groups in total. The van der Waals surface area contributed by atoms with Crippen LogP contribution in [0.15, 0.2) is 84.3 Å². The van der Waals surface area contributed by atoms with Crippen LogP contribution in [0.5, 0.6) is 0 Å². The number of pyridine rings is 2. The summed E-state index contributed by atoms with van der Waals surface area (Å²) in [7, 11) is -3.56. The van der Waals surface area contributed by atoms with Crippen LogP contribution in [-0.2, 0) is 16.6 Å². The van der Waals surface area contributed by atoms with Gasteiger partial charge in [-0.1, -0.05) is 23.7 Å². The van der Waals surface area contributed by atoms with Crippen molar-refractivity contribution in [3.05, 3.63) is 90.0 Å². The smallest absolute Gasteiger partial charge is 0.243 e. The molecule has 4 aromatic rings. The Hall–Kier alpha value is -2.55. The molecule has 1 aliphatic rings. The highest BCUT2D eigenvalue weighted by Crippen LogP contribution is 2.27. The van der Waals surface area contributed by atoms with Crippen LogP contribution >= 0.6 is 24.0 Å². The molecule has 0 saturated carbocycles. The second kappa shape index (κ2) is 10.4. The van der Waals surface area contributed by atoms with Crippen LogP contribution in [0.3, 0.4) is 0 Å². The molecular formula is C25H24Cl2N4O2S. The molecule has 0 spiro atoms. The van der Waals surface area contributed by atoms with Gasteiger partial charge in [0.1, 0.15) is 0 Å². The van der Waals surface area contributed by atoms with E-state index in [1.54, 1.807) is 41.1 Å². The standard InChI is InChI=1S/C25H23ClN4O2S.ClH/c26-23-3-1-21-16-24(4-2-20(21)15-23)33(31,32)30-13-11-29(12-14-30)18-22-17-28-10-7-25(22)19-5-8-27-9-6-19;/h1-10,15-17H,11-14,18H2;1H. The van der Waals surface area contributed by atoms with Crippen molar-refractivity contribution in [2.24, 2.45) is 0 Å². The van der Waals surface area contributed by atoms with Gasteiger partial charge < -0.3 is 0 Å².